The molecule has 7 aromatic carbocycles. The Labute approximate surface area is 530 Å². The van der Waals surface area contributed by atoms with Gasteiger partial charge in [-0.05, 0) is 141 Å². The third kappa shape index (κ3) is 21.9. The first-order valence-corrected chi connectivity index (χ1v) is 29.9. The van der Waals surface area contributed by atoms with Crippen molar-refractivity contribution in [3.63, 3.8) is 0 Å². The minimum Gasteiger partial charge on any atom is -0.486 e. The van der Waals surface area contributed by atoms with Gasteiger partial charge in [0.2, 0.25) is 0 Å². The van der Waals surface area contributed by atoms with Gasteiger partial charge in [-0.3, -0.25) is 10.1 Å². The van der Waals surface area contributed by atoms with E-state index in [1.54, 1.807) is 13.0 Å². The van der Waals surface area contributed by atoms with Crippen LogP contribution in [-0.2, 0) is 12.7 Å². The van der Waals surface area contributed by atoms with Crippen LogP contribution in [0.1, 0.15) is 207 Å². The van der Waals surface area contributed by atoms with Gasteiger partial charge in [-0.15, -0.1) is 0 Å². The lowest BCUT2D eigenvalue weighted by molar-refractivity contribution is -0.137. The maximum Gasteiger partial charge on any atom is 0.416 e. The lowest BCUT2D eigenvalue weighted by atomic mass is 9.95. The number of alkyl halides is 3. The average molecular weight is 1290 g/mol. The summed E-state index contributed by atoms with van der Waals surface area (Å²) >= 11 is 16.3. The monoisotopic (exact) mass is 1290 g/mol. The van der Waals surface area contributed by atoms with Gasteiger partial charge < -0.3 is 9.47 Å². The first-order valence-electron chi connectivity index (χ1n) is 28.8. The van der Waals surface area contributed by atoms with E-state index in [-0.39, 0.29) is 41.1 Å². The summed E-state index contributed by atoms with van der Waals surface area (Å²) in [5.74, 6) is -0.673. The first-order chi connectivity index (χ1) is 40.7. The van der Waals surface area contributed by atoms with Crippen molar-refractivity contribution in [1.82, 2.24) is 10.2 Å². The van der Waals surface area contributed by atoms with Crippen molar-refractivity contribution in [1.29, 1.82) is 0 Å². The van der Waals surface area contributed by atoms with Gasteiger partial charge in [0.15, 0.2) is 23.1 Å². The molecule has 1 aromatic heterocycles. The Morgan fingerprint density at radius 1 is 0.500 bits per heavy atom. The molecule has 2 aliphatic heterocycles. The fraction of sp³-hybridized carbons (Fsp3) is 0.380. The summed E-state index contributed by atoms with van der Waals surface area (Å²) < 4.78 is 125. The number of hydrogen-bond acceptors (Lipinski definition) is 4. The molecule has 0 saturated heterocycles. The maximum atomic E-state index is 13.1. The van der Waals surface area contributed by atoms with Gasteiger partial charge >= 0.3 is 6.18 Å². The van der Waals surface area contributed by atoms with Crippen molar-refractivity contribution in [2.45, 2.75) is 165 Å². The van der Waals surface area contributed by atoms with Crippen LogP contribution < -0.4 is 9.47 Å². The van der Waals surface area contributed by atoms with Crippen molar-refractivity contribution in [3.8, 4) is 11.5 Å². The molecule has 0 aliphatic carbocycles. The number of hydrogen-bond donors (Lipinski definition) is 1. The van der Waals surface area contributed by atoms with Gasteiger partial charge in [0.1, 0.15) is 41.5 Å². The van der Waals surface area contributed by atoms with E-state index in [1.807, 2.05) is 86.0 Å². The number of aromatic amines is 1. The second kappa shape index (κ2) is 35.1. The number of fused-ring (bicyclic) bond motifs is 3. The molecule has 0 bridgehead atoms. The zero-order valence-electron chi connectivity index (χ0n) is 52.0. The number of nitrogens with zero attached hydrogens (tertiary/aromatic N) is 2. The van der Waals surface area contributed by atoms with Crippen molar-refractivity contribution in [2.75, 3.05) is 13.2 Å². The average Bonchev–Trinajstić information content (AvgIpc) is 2.93. The van der Waals surface area contributed by atoms with Crippen LogP contribution in [0, 0.1) is 41.8 Å². The molecule has 0 atom stereocenters. The van der Waals surface area contributed by atoms with Gasteiger partial charge in [-0.2, -0.15) is 18.3 Å². The molecular formula is C71H83Cl3F9N3O2. The zero-order chi connectivity index (χ0) is 65.2. The Hall–Kier alpha value is -6.48. The number of rotatable bonds is 7. The van der Waals surface area contributed by atoms with Crippen LogP contribution in [0.2, 0.25) is 15.1 Å². The second-order valence-corrected chi connectivity index (χ2v) is 24.2. The number of benzene rings is 7. The van der Waals surface area contributed by atoms with Crippen LogP contribution in [0.15, 0.2) is 120 Å². The molecule has 0 radical (unpaired) electrons. The molecule has 3 heterocycles. The molecule has 17 heteroatoms. The van der Waals surface area contributed by atoms with Crippen LogP contribution in [0.3, 0.4) is 0 Å². The number of aryl methyl sites for hydroxylation is 1. The number of halogens is 12. The highest BCUT2D eigenvalue weighted by molar-refractivity contribution is 6.31. The molecule has 2 aliphatic rings. The molecule has 0 spiro atoms. The Balaban J connectivity index is 0.000000268. The van der Waals surface area contributed by atoms with E-state index in [9.17, 15) is 39.5 Å². The summed E-state index contributed by atoms with van der Waals surface area (Å²) in [6.45, 7) is 31.9. The minimum atomic E-state index is -4.24. The number of para-hydroxylation sites is 1. The predicted molar refractivity (Wildman–Crippen MR) is 347 cm³/mol. The number of aromatic nitrogens is 2. The fourth-order valence-electron chi connectivity index (χ4n) is 8.93. The molecule has 0 unspecified atom stereocenters. The van der Waals surface area contributed by atoms with E-state index in [2.05, 4.69) is 93.1 Å². The highest BCUT2D eigenvalue weighted by Crippen LogP contribution is 2.38. The van der Waals surface area contributed by atoms with E-state index >= 15 is 0 Å². The molecule has 0 amide bonds. The smallest absolute Gasteiger partial charge is 0.416 e. The molecule has 0 fully saturated rings. The first kappa shape index (κ1) is 75.8. The minimum absolute atomic E-state index is 0. The number of aliphatic imine (C=N–C) groups is 1. The van der Waals surface area contributed by atoms with Crippen LogP contribution >= 0.6 is 34.8 Å². The van der Waals surface area contributed by atoms with Gasteiger partial charge in [-0.1, -0.05) is 199 Å². The Bertz CT molecular complexity index is 3510. The predicted octanol–water partition coefficient (Wildman–Crippen LogP) is 24.0. The summed E-state index contributed by atoms with van der Waals surface area (Å²) in [5.41, 5.74) is 10.3. The van der Waals surface area contributed by atoms with Gasteiger partial charge in [0, 0.05) is 23.2 Å². The molecule has 8 aromatic rings. The maximum absolute atomic E-state index is 13.1. The van der Waals surface area contributed by atoms with E-state index in [1.165, 1.54) is 75.7 Å². The van der Waals surface area contributed by atoms with Crippen LogP contribution in [0.5, 0.6) is 11.5 Å². The normalized spacial score (nSPS) is 12.0. The summed E-state index contributed by atoms with van der Waals surface area (Å²) in [7, 11) is 0. The molecule has 88 heavy (non-hydrogen) atoms. The topological polar surface area (TPSA) is 59.5 Å². The summed E-state index contributed by atoms with van der Waals surface area (Å²) in [6, 6.07) is 30.4. The Kier molecular flexibility index (Phi) is 30.2. The fourth-order valence-corrected chi connectivity index (χ4v) is 9.49. The molecule has 1 N–H and O–H groups in total. The van der Waals surface area contributed by atoms with E-state index < -0.39 is 51.7 Å². The largest absolute Gasteiger partial charge is 0.486 e. The highest BCUT2D eigenvalue weighted by Gasteiger charge is 2.31. The van der Waals surface area contributed by atoms with Gasteiger partial charge in [0.25, 0.3) is 0 Å². The molecule has 478 valence electrons. The SMILES string of the molecule is C.CC(C)c1cc(Cl)c(F)cc1F.CC(C)c1cc(F)c(F)c(Cl)c1.CC(C)c1ccc(F)c(Cl)c1F.CC(C)c1cccc2[nH]ncc12.CC(C)c1cccc2c1CN=C2.CC(C)c1cccc2c1OCCO2.Cc1cc(C(C)C)cc(C(F)(F)F)c1. The second-order valence-electron chi connectivity index (χ2n) is 23.0. The Morgan fingerprint density at radius 2 is 1.06 bits per heavy atom. The van der Waals surface area contributed by atoms with Gasteiger partial charge in [0.05, 0.1) is 33.9 Å². The summed E-state index contributed by atoms with van der Waals surface area (Å²) in [6.07, 6.45) is -0.373. The van der Waals surface area contributed by atoms with Crippen molar-refractivity contribution in [3.05, 3.63) is 227 Å². The number of H-pyrrole nitrogens is 1. The van der Waals surface area contributed by atoms with E-state index in [0.717, 1.165) is 35.2 Å². The van der Waals surface area contributed by atoms with Crippen molar-refractivity contribution >= 4 is 51.9 Å². The molecule has 10 rings (SSSR count). The highest BCUT2D eigenvalue weighted by atomic mass is 35.5. The van der Waals surface area contributed by atoms with Crippen LogP contribution in [0.4, 0.5) is 39.5 Å². The lowest BCUT2D eigenvalue weighted by Gasteiger charge is -2.22. The summed E-state index contributed by atoms with van der Waals surface area (Å²) in [5, 5.41) is 7.63. The number of ether oxygens (including phenoxy) is 2. The molecule has 5 nitrogen and oxygen atoms in total. The van der Waals surface area contributed by atoms with Crippen molar-refractivity contribution < 1.29 is 49.0 Å². The van der Waals surface area contributed by atoms with Crippen LogP contribution in [-0.4, -0.2) is 29.6 Å². The number of nitrogens with one attached hydrogen (secondary N) is 1. The van der Waals surface area contributed by atoms with Gasteiger partial charge in [-0.25, -0.2) is 26.3 Å². The third-order valence-electron chi connectivity index (χ3n) is 13.8. The quantitative estimate of drug-likeness (QED) is 0.0983. The lowest BCUT2D eigenvalue weighted by Crippen LogP contribution is -2.16. The van der Waals surface area contributed by atoms with Crippen molar-refractivity contribution in [2.24, 2.45) is 4.99 Å². The Morgan fingerprint density at radius 3 is 1.64 bits per heavy atom. The summed E-state index contributed by atoms with van der Waals surface area (Å²) in [4.78, 5) is 4.27. The third-order valence-corrected chi connectivity index (χ3v) is 14.7. The molecule has 0 saturated carbocycles. The zero-order valence-corrected chi connectivity index (χ0v) is 54.2. The standard InChI is InChI=1S/C11H13F3.C11H13N.C11H14O2.C10H12N2.3C9H9ClF2.CH4/c1-7(2)9-4-8(3)5-10(6-9)11(12,13)14;1-8(2)10-5-3-4-9-6-12-7-11(9)10;1-8(2)9-4-3-5-10-11(9)13-7-6-12-10;1-7(2)8-4-3-5-10-9(8)6-11-12-10;1-5(2)6-3-7(10)9(12)4-8(6)11;1-5(2)6-3-7(10)9(12)8(11)4-6;1-5(2)6-3-4-7(11)8(10)9(6)12;/h4-7H,1-3H3;3-6,8H,7H2,1-2H3;3-5,8H,6-7H2,1-2H3;3-7H,1-2H3,(H,11,12);3*3-5H,1-2H3;1H4. The molecular weight excluding hydrogens is 1200 g/mol. The van der Waals surface area contributed by atoms with E-state index in [4.69, 9.17) is 44.3 Å². The van der Waals surface area contributed by atoms with E-state index in [0.29, 0.717) is 53.2 Å². The van der Waals surface area contributed by atoms with Crippen LogP contribution in [0.25, 0.3) is 10.9 Å².